The van der Waals surface area contributed by atoms with Crippen LogP contribution in [0, 0.1) is 5.82 Å². The van der Waals surface area contributed by atoms with E-state index in [2.05, 4.69) is 17.2 Å². The molecule has 29 heavy (non-hydrogen) atoms. The van der Waals surface area contributed by atoms with E-state index >= 15 is 0 Å². The van der Waals surface area contributed by atoms with Crippen molar-refractivity contribution in [1.82, 2.24) is 9.97 Å². The monoisotopic (exact) mass is 393 g/mol. The van der Waals surface area contributed by atoms with E-state index in [0.717, 1.165) is 6.42 Å². The molecule has 4 rings (SSSR count). The molecule has 6 nitrogen and oxygen atoms in total. The van der Waals surface area contributed by atoms with Gasteiger partial charge in [-0.25, -0.2) is 19.2 Å². The van der Waals surface area contributed by atoms with Gasteiger partial charge in [0.05, 0.1) is 23.7 Å². The molecule has 2 heterocycles. The van der Waals surface area contributed by atoms with Crippen LogP contribution in [-0.2, 0) is 4.74 Å². The van der Waals surface area contributed by atoms with Crippen LogP contribution in [0.5, 0.6) is 0 Å². The van der Waals surface area contributed by atoms with E-state index in [4.69, 9.17) is 14.1 Å². The number of aromatic nitrogens is 2. The number of nitrogens with zero attached hydrogens (tertiary/aromatic N) is 2. The Labute approximate surface area is 166 Å². The number of hydrogen-bond donors (Lipinski definition) is 1. The van der Waals surface area contributed by atoms with E-state index in [1.54, 1.807) is 30.3 Å². The van der Waals surface area contributed by atoms with Crippen LogP contribution in [0.4, 0.5) is 10.2 Å². The molecular weight excluding hydrogens is 373 g/mol. The van der Waals surface area contributed by atoms with Gasteiger partial charge in [-0.3, -0.25) is 0 Å². The average molecular weight is 393 g/mol. The van der Waals surface area contributed by atoms with Crippen LogP contribution < -0.4 is 5.32 Å². The quantitative estimate of drug-likeness (QED) is 0.471. The summed E-state index contributed by atoms with van der Waals surface area (Å²) >= 11 is 0. The van der Waals surface area contributed by atoms with Crippen molar-refractivity contribution in [3.8, 4) is 11.5 Å². The standard InChI is InChI=1S/C22H20FN3O3/c1-4-12(2)24-21-20(19-11-14-9-15(23)6-8-18(14)29-19)25-16-7-5-13(22(27)28-3)10-17(16)26-21/h5-12H,4H2,1-3H3,(H,24,26)/t12-/m1/s1. The van der Waals surface area contributed by atoms with Crippen molar-refractivity contribution in [3.05, 3.63) is 53.8 Å². The van der Waals surface area contributed by atoms with Crippen LogP contribution in [0.3, 0.4) is 0 Å². The minimum absolute atomic E-state index is 0.145. The van der Waals surface area contributed by atoms with Crippen LogP contribution in [0.1, 0.15) is 30.6 Å². The second-order valence-electron chi connectivity index (χ2n) is 6.86. The highest BCUT2D eigenvalue weighted by Gasteiger charge is 2.18. The van der Waals surface area contributed by atoms with Gasteiger partial charge in [0.2, 0.25) is 0 Å². The lowest BCUT2D eigenvalue weighted by molar-refractivity contribution is 0.0601. The summed E-state index contributed by atoms with van der Waals surface area (Å²) in [5, 5.41) is 4.00. The molecule has 2 aromatic heterocycles. The lowest BCUT2D eigenvalue weighted by Gasteiger charge is -2.15. The number of ether oxygens (including phenoxy) is 1. The summed E-state index contributed by atoms with van der Waals surface area (Å²) in [6, 6.07) is 11.3. The largest absolute Gasteiger partial charge is 0.465 e. The number of esters is 1. The fourth-order valence-electron chi connectivity index (χ4n) is 3.04. The Kier molecular flexibility index (Phi) is 4.88. The number of benzene rings is 2. The molecule has 0 fully saturated rings. The van der Waals surface area contributed by atoms with Gasteiger partial charge in [0.1, 0.15) is 17.1 Å². The molecule has 0 bridgehead atoms. The SMILES string of the molecule is CC[C@@H](C)Nc1nc2cc(C(=O)OC)ccc2nc1-c1cc2cc(F)ccc2o1. The van der Waals surface area contributed by atoms with E-state index in [1.165, 1.54) is 19.2 Å². The van der Waals surface area contributed by atoms with Gasteiger partial charge in [0.25, 0.3) is 0 Å². The molecule has 1 N–H and O–H groups in total. The first-order valence-electron chi connectivity index (χ1n) is 9.34. The van der Waals surface area contributed by atoms with E-state index in [-0.39, 0.29) is 11.9 Å². The van der Waals surface area contributed by atoms with E-state index in [9.17, 15) is 9.18 Å². The van der Waals surface area contributed by atoms with Gasteiger partial charge < -0.3 is 14.5 Å². The zero-order valence-corrected chi connectivity index (χ0v) is 16.3. The first kappa shape index (κ1) is 18.9. The van der Waals surface area contributed by atoms with Crippen molar-refractivity contribution in [3.63, 3.8) is 0 Å². The van der Waals surface area contributed by atoms with Crippen molar-refractivity contribution in [2.45, 2.75) is 26.3 Å². The van der Waals surface area contributed by atoms with Gasteiger partial charge >= 0.3 is 5.97 Å². The Morgan fingerprint density at radius 3 is 2.76 bits per heavy atom. The van der Waals surface area contributed by atoms with Crippen LogP contribution in [0.15, 0.2) is 46.9 Å². The van der Waals surface area contributed by atoms with Gasteiger partial charge in [-0.15, -0.1) is 0 Å². The number of furan rings is 1. The molecule has 2 aromatic carbocycles. The molecule has 0 saturated carbocycles. The summed E-state index contributed by atoms with van der Waals surface area (Å²) in [4.78, 5) is 21.3. The second kappa shape index (κ2) is 7.50. The number of fused-ring (bicyclic) bond motifs is 2. The third-order valence-electron chi connectivity index (χ3n) is 4.79. The van der Waals surface area contributed by atoms with Crippen molar-refractivity contribution in [1.29, 1.82) is 0 Å². The number of methoxy groups -OCH3 is 1. The number of rotatable bonds is 5. The van der Waals surface area contributed by atoms with E-state index in [0.29, 0.717) is 44.8 Å². The lowest BCUT2D eigenvalue weighted by atomic mass is 10.1. The molecule has 148 valence electrons. The summed E-state index contributed by atoms with van der Waals surface area (Å²) in [5.41, 5.74) is 2.66. The normalized spacial score (nSPS) is 12.3. The number of carbonyl (C=O) groups excluding carboxylic acids is 1. The Bertz CT molecular complexity index is 1220. The maximum absolute atomic E-state index is 13.6. The third-order valence-corrected chi connectivity index (χ3v) is 4.79. The molecule has 0 unspecified atom stereocenters. The van der Waals surface area contributed by atoms with Crippen LogP contribution in [0.2, 0.25) is 0 Å². The topological polar surface area (TPSA) is 77.2 Å². The van der Waals surface area contributed by atoms with Crippen LogP contribution in [0.25, 0.3) is 33.5 Å². The second-order valence-corrected chi connectivity index (χ2v) is 6.86. The van der Waals surface area contributed by atoms with Gasteiger partial charge in [0.15, 0.2) is 11.6 Å². The molecule has 0 aliphatic rings. The Balaban J connectivity index is 1.89. The molecule has 0 amide bonds. The first-order valence-corrected chi connectivity index (χ1v) is 9.34. The van der Waals surface area contributed by atoms with Crippen molar-refractivity contribution in [2.75, 3.05) is 12.4 Å². The van der Waals surface area contributed by atoms with Gasteiger partial charge in [0, 0.05) is 11.4 Å². The predicted molar refractivity (Wildman–Crippen MR) is 109 cm³/mol. The Morgan fingerprint density at radius 2 is 2.00 bits per heavy atom. The number of anilines is 1. The lowest BCUT2D eigenvalue weighted by Crippen LogP contribution is -2.16. The summed E-state index contributed by atoms with van der Waals surface area (Å²) < 4.78 is 24.3. The maximum Gasteiger partial charge on any atom is 0.337 e. The molecule has 7 heteroatoms. The van der Waals surface area contributed by atoms with Crippen molar-refractivity contribution >= 4 is 33.8 Å². The number of nitrogens with one attached hydrogen (secondary N) is 1. The fraction of sp³-hybridized carbons (Fsp3) is 0.227. The maximum atomic E-state index is 13.6. The predicted octanol–water partition coefficient (Wildman–Crippen LogP) is 5.18. The summed E-state index contributed by atoms with van der Waals surface area (Å²) in [6.45, 7) is 4.10. The summed E-state index contributed by atoms with van der Waals surface area (Å²) in [7, 11) is 1.33. The molecule has 0 saturated heterocycles. The third kappa shape index (κ3) is 3.63. The van der Waals surface area contributed by atoms with E-state index < -0.39 is 5.97 Å². The zero-order valence-electron chi connectivity index (χ0n) is 16.3. The highest BCUT2D eigenvalue weighted by Crippen LogP contribution is 2.33. The average Bonchev–Trinajstić information content (AvgIpc) is 3.15. The number of carbonyl (C=O) groups is 1. The molecule has 1 atom stereocenters. The molecule has 0 radical (unpaired) electrons. The molecular formula is C22H20FN3O3. The van der Waals surface area contributed by atoms with E-state index in [1.807, 2.05) is 6.92 Å². The van der Waals surface area contributed by atoms with Crippen molar-refractivity contribution in [2.24, 2.45) is 0 Å². The van der Waals surface area contributed by atoms with Crippen LogP contribution >= 0.6 is 0 Å². The molecule has 0 aliphatic carbocycles. The number of hydrogen-bond acceptors (Lipinski definition) is 6. The molecule has 0 aliphatic heterocycles. The summed E-state index contributed by atoms with van der Waals surface area (Å²) in [6.07, 6.45) is 0.882. The smallest absolute Gasteiger partial charge is 0.337 e. The fourth-order valence-corrected chi connectivity index (χ4v) is 3.04. The summed E-state index contributed by atoms with van der Waals surface area (Å²) in [5.74, 6) is 0.257. The highest BCUT2D eigenvalue weighted by molar-refractivity contribution is 5.94. The molecule has 4 aromatic rings. The first-order chi connectivity index (χ1) is 14.0. The Hall–Kier alpha value is -3.48. The number of halogens is 1. The van der Waals surface area contributed by atoms with Gasteiger partial charge in [-0.1, -0.05) is 6.92 Å². The highest BCUT2D eigenvalue weighted by atomic mass is 19.1. The minimum Gasteiger partial charge on any atom is -0.465 e. The minimum atomic E-state index is -0.437. The Morgan fingerprint density at radius 1 is 1.17 bits per heavy atom. The molecule has 0 spiro atoms. The van der Waals surface area contributed by atoms with Crippen molar-refractivity contribution < 1.29 is 18.3 Å². The van der Waals surface area contributed by atoms with Gasteiger partial charge in [-0.05, 0) is 55.8 Å². The van der Waals surface area contributed by atoms with Gasteiger partial charge in [-0.2, -0.15) is 0 Å². The zero-order chi connectivity index (χ0) is 20.5. The van der Waals surface area contributed by atoms with Crippen LogP contribution in [-0.4, -0.2) is 29.1 Å².